The molecule has 1 aliphatic carbocycles. The molecule has 2 bridgehead atoms. The van der Waals surface area contributed by atoms with Crippen LogP contribution in [0.2, 0.25) is 0 Å². The zero-order chi connectivity index (χ0) is 34.8. The first-order valence-corrected chi connectivity index (χ1v) is 15.4. The maximum Gasteiger partial charge on any atom is 0.405 e. The van der Waals surface area contributed by atoms with Crippen molar-refractivity contribution in [2.45, 2.75) is 71.5 Å². The number of Topliss-reactive ketones (excluding diaryl/α,β-unsaturated/α-hetero) is 1. The standard InChI is InChI=1S/C35H45N3O9/c1-19-14-25-30(37-18-23-10-12-24(39)13-11-23)27(40)17-26(32(25)42)38-34(43)20(2)8-7-9-28(45-5)33(47-35(36)44)22(4)16-21(3)31(41)29(15-19)46-6/h7-13,16-17,19,21,28-29,31,33,37,39,41H,14-15,18H2,1-6H3,(H2,36,44)(H,38,43)/b9-7-,20-8+,22-16+/t19-,21+,28+,29+,31-,33+/m1/s1. The zero-order valence-corrected chi connectivity index (χ0v) is 27.6. The molecule has 1 aromatic rings. The predicted octanol–water partition coefficient (Wildman–Crippen LogP) is 3.26. The lowest BCUT2D eigenvalue weighted by Crippen LogP contribution is -2.37. The van der Waals surface area contributed by atoms with Crippen molar-refractivity contribution in [3.05, 3.63) is 88.3 Å². The number of nitrogens with one attached hydrogen (secondary N) is 2. The number of ether oxygens (including phenoxy) is 3. The van der Waals surface area contributed by atoms with Gasteiger partial charge in [-0.15, -0.1) is 0 Å². The number of carbonyl (C=O) groups is 4. The second kappa shape index (κ2) is 16.9. The highest BCUT2D eigenvalue weighted by Crippen LogP contribution is 2.29. The summed E-state index contributed by atoms with van der Waals surface area (Å²) in [5.41, 5.74) is 7.09. The van der Waals surface area contributed by atoms with Gasteiger partial charge in [0.1, 0.15) is 11.9 Å². The number of fused-ring (bicyclic) bond motifs is 2. The van der Waals surface area contributed by atoms with E-state index >= 15 is 0 Å². The Morgan fingerprint density at radius 3 is 2.38 bits per heavy atom. The quantitative estimate of drug-likeness (QED) is 0.226. The van der Waals surface area contributed by atoms with Crippen LogP contribution in [0.5, 0.6) is 5.75 Å². The number of aromatic hydroxyl groups is 1. The molecule has 1 aromatic carbocycles. The second-order valence-electron chi connectivity index (χ2n) is 12.0. The third-order valence-corrected chi connectivity index (χ3v) is 8.20. The Kier molecular flexibility index (Phi) is 13.3. The summed E-state index contributed by atoms with van der Waals surface area (Å²) in [5, 5.41) is 26.6. The van der Waals surface area contributed by atoms with Gasteiger partial charge in [-0.05, 0) is 55.9 Å². The van der Waals surface area contributed by atoms with E-state index in [2.05, 4.69) is 10.6 Å². The Morgan fingerprint density at radius 1 is 1.09 bits per heavy atom. The summed E-state index contributed by atoms with van der Waals surface area (Å²) in [7, 11) is 2.91. The van der Waals surface area contributed by atoms with Crippen LogP contribution < -0.4 is 16.4 Å². The van der Waals surface area contributed by atoms with E-state index in [1.54, 1.807) is 51.1 Å². The molecule has 0 unspecified atom stereocenters. The first-order chi connectivity index (χ1) is 22.2. The van der Waals surface area contributed by atoms with Gasteiger partial charge in [0.05, 0.1) is 23.6 Å². The van der Waals surface area contributed by atoms with Gasteiger partial charge in [-0.1, -0.05) is 50.3 Å². The van der Waals surface area contributed by atoms with E-state index in [0.717, 1.165) is 11.6 Å². The third kappa shape index (κ3) is 9.98. The highest BCUT2D eigenvalue weighted by molar-refractivity contribution is 6.23. The van der Waals surface area contributed by atoms with E-state index in [0.29, 0.717) is 12.0 Å². The molecule has 12 heteroatoms. The SMILES string of the molecule is CO[C@H]1/C=C\C=C(/C)C(=O)NC2=CC(=O)C(NCc3ccc(O)cc3)=C(C[C@@H](C)C[C@H](OC)[C@H](O)[C@@H](C)/C=C(\C)[C@@H]1OC(N)=O)C2=O. The molecule has 2 amide bonds. The molecule has 0 radical (unpaired) electrons. The Bertz CT molecular complexity index is 1490. The Morgan fingerprint density at radius 2 is 1.77 bits per heavy atom. The van der Waals surface area contributed by atoms with Crippen LogP contribution in [0, 0.1) is 11.8 Å². The summed E-state index contributed by atoms with van der Waals surface area (Å²) in [6.45, 7) is 7.16. The molecule has 0 aromatic heterocycles. The molecule has 0 fully saturated rings. The molecule has 0 saturated carbocycles. The Hall–Kier alpha value is -4.52. The normalized spacial score (nSPS) is 29.5. The van der Waals surface area contributed by atoms with Gasteiger partial charge in [0.2, 0.25) is 11.6 Å². The molecule has 47 heavy (non-hydrogen) atoms. The fraction of sp³-hybridized carbons (Fsp3) is 0.429. The van der Waals surface area contributed by atoms with E-state index in [1.807, 2.05) is 6.92 Å². The van der Waals surface area contributed by atoms with Crippen LogP contribution in [0.4, 0.5) is 4.79 Å². The number of aliphatic hydroxyl groups is 1. The number of nitrogens with two attached hydrogens (primary N) is 1. The number of ketones is 2. The number of aliphatic hydroxyl groups excluding tert-OH is 1. The zero-order valence-electron chi connectivity index (χ0n) is 27.6. The topological polar surface area (TPSA) is 187 Å². The van der Waals surface area contributed by atoms with E-state index < -0.39 is 53.9 Å². The van der Waals surface area contributed by atoms with Crippen LogP contribution in [-0.4, -0.2) is 72.4 Å². The van der Waals surface area contributed by atoms with Gasteiger partial charge in [0.15, 0.2) is 6.10 Å². The van der Waals surface area contributed by atoms with Gasteiger partial charge in [-0.3, -0.25) is 14.4 Å². The summed E-state index contributed by atoms with van der Waals surface area (Å²) < 4.78 is 16.6. The van der Waals surface area contributed by atoms with Crippen molar-refractivity contribution in [2.24, 2.45) is 17.6 Å². The number of primary amides is 1. The number of carbonyl (C=O) groups excluding carboxylic acids is 4. The van der Waals surface area contributed by atoms with E-state index in [4.69, 9.17) is 19.9 Å². The second-order valence-corrected chi connectivity index (χ2v) is 12.0. The number of phenolic OH excluding ortho intramolecular Hbond substituents is 1. The van der Waals surface area contributed by atoms with Crippen LogP contribution in [-0.2, 0) is 35.1 Å². The molecule has 0 saturated heterocycles. The van der Waals surface area contributed by atoms with Gasteiger partial charge in [-0.2, -0.15) is 0 Å². The number of hydrogen-bond acceptors (Lipinski definition) is 10. The van der Waals surface area contributed by atoms with Crippen LogP contribution in [0.3, 0.4) is 0 Å². The fourth-order valence-corrected chi connectivity index (χ4v) is 5.58. The lowest BCUT2D eigenvalue weighted by Gasteiger charge is -2.30. The summed E-state index contributed by atoms with van der Waals surface area (Å²) >= 11 is 0. The predicted molar refractivity (Wildman–Crippen MR) is 174 cm³/mol. The average molecular weight is 652 g/mol. The number of methoxy groups -OCH3 is 2. The monoisotopic (exact) mass is 651 g/mol. The maximum absolute atomic E-state index is 13.8. The highest BCUT2D eigenvalue weighted by atomic mass is 16.6. The smallest absolute Gasteiger partial charge is 0.405 e. The Labute approximate surface area is 275 Å². The minimum Gasteiger partial charge on any atom is -0.508 e. The molecule has 3 rings (SSSR count). The third-order valence-electron chi connectivity index (χ3n) is 8.20. The molecule has 6 N–H and O–H groups in total. The number of hydrogen-bond donors (Lipinski definition) is 5. The molecule has 0 spiro atoms. The maximum atomic E-state index is 13.8. The summed E-state index contributed by atoms with van der Waals surface area (Å²) in [6, 6.07) is 6.44. The van der Waals surface area contributed by atoms with Crippen LogP contribution >= 0.6 is 0 Å². The molecule has 1 aliphatic heterocycles. The van der Waals surface area contributed by atoms with E-state index in [-0.39, 0.29) is 47.2 Å². The minimum absolute atomic E-state index is 0.100. The number of amides is 2. The van der Waals surface area contributed by atoms with Crippen molar-refractivity contribution in [3.63, 3.8) is 0 Å². The molecule has 12 nitrogen and oxygen atoms in total. The Balaban J connectivity index is 2.06. The van der Waals surface area contributed by atoms with Crippen molar-refractivity contribution in [3.8, 4) is 5.75 Å². The lowest BCUT2D eigenvalue weighted by molar-refractivity contribution is -0.120. The molecule has 6 atom stereocenters. The van der Waals surface area contributed by atoms with Crippen LogP contribution in [0.15, 0.2) is 82.8 Å². The van der Waals surface area contributed by atoms with Crippen molar-refractivity contribution in [1.82, 2.24) is 10.6 Å². The summed E-state index contributed by atoms with van der Waals surface area (Å²) in [5.74, 6) is -2.20. The van der Waals surface area contributed by atoms with Crippen molar-refractivity contribution < 1.29 is 43.6 Å². The largest absolute Gasteiger partial charge is 0.508 e. The molecular formula is C35H45N3O9. The first-order valence-electron chi connectivity index (χ1n) is 15.4. The number of rotatable bonds is 6. The van der Waals surface area contributed by atoms with Gasteiger partial charge >= 0.3 is 6.09 Å². The minimum atomic E-state index is -1.01. The first kappa shape index (κ1) is 36.9. The number of phenols is 1. The van der Waals surface area contributed by atoms with Gasteiger partial charge in [0.25, 0.3) is 5.91 Å². The molecule has 1 heterocycles. The van der Waals surface area contributed by atoms with Gasteiger partial charge in [-0.25, -0.2) is 4.79 Å². The fourth-order valence-electron chi connectivity index (χ4n) is 5.58. The van der Waals surface area contributed by atoms with E-state index in [9.17, 15) is 29.4 Å². The van der Waals surface area contributed by atoms with E-state index in [1.165, 1.54) is 32.4 Å². The molecule has 2 aliphatic rings. The van der Waals surface area contributed by atoms with Crippen LogP contribution in [0.25, 0.3) is 0 Å². The van der Waals surface area contributed by atoms with Crippen molar-refractivity contribution in [2.75, 3.05) is 14.2 Å². The highest BCUT2D eigenvalue weighted by Gasteiger charge is 2.33. The van der Waals surface area contributed by atoms with Crippen LogP contribution in [0.1, 0.15) is 46.1 Å². The summed E-state index contributed by atoms with van der Waals surface area (Å²) in [6.07, 6.45) is 3.55. The molecule has 254 valence electrons. The van der Waals surface area contributed by atoms with Crippen molar-refractivity contribution >= 4 is 23.6 Å². The van der Waals surface area contributed by atoms with Gasteiger partial charge in [0, 0.05) is 43.9 Å². The summed E-state index contributed by atoms with van der Waals surface area (Å²) in [4.78, 5) is 52.1. The lowest BCUT2D eigenvalue weighted by atomic mass is 9.85. The van der Waals surface area contributed by atoms with Crippen molar-refractivity contribution in [1.29, 1.82) is 0 Å². The van der Waals surface area contributed by atoms with Gasteiger partial charge < -0.3 is 40.8 Å². The number of benzene rings is 1. The number of allylic oxidation sites excluding steroid dienone is 4. The molecular weight excluding hydrogens is 606 g/mol. The average Bonchev–Trinajstić information content (AvgIpc) is 3.02.